The molecule has 1 aliphatic carbocycles. The lowest BCUT2D eigenvalue weighted by molar-refractivity contribution is 0.137. The topological polar surface area (TPSA) is 57.5 Å². The normalized spacial score (nSPS) is 14.7. The van der Waals surface area contributed by atoms with Crippen molar-refractivity contribution in [3.63, 3.8) is 0 Å². The van der Waals surface area contributed by atoms with Crippen LogP contribution in [0, 0.1) is 0 Å². The molecule has 1 saturated carbocycles. The van der Waals surface area contributed by atoms with E-state index in [1.54, 1.807) is 0 Å². The number of carbonyl (C=O) groups is 1. The SMILES string of the molecule is Clc1ccc(C2CCC2)cc1.O=C(O)O. The van der Waals surface area contributed by atoms with Crippen molar-refractivity contribution in [1.82, 2.24) is 0 Å². The summed E-state index contributed by atoms with van der Waals surface area (Å²) in [7, 11) is 0. The molecule has 2 N–H and O–H groups in total. The van der Waals surface area contributed by atoms with Gasteiger partial charge in [0.05, 0.1) is 0 Å². The van der Waals surface area contributed by atoms with E-state index in [0.717, 1.165) is 10.9 Å². The minimum absolute atomic E-state index is 0.826. The van der Waals surface area contributed by atoms with Gasteiger partial charge in [0.1, 0.15) is 0 Å². The summed E-state index contributed by atoms with van der Waals surface area (Å²) < 4.78 is 0. The van der Waals surface area contributed by atoms with Crippen molar-refractivity contribution >= 4 is 17.8 Å². The monoisotopic (exact) mass is 228 g/mol. The number of carboxylic acid groups (broad SMARTS) is 2. The zero-order valence-corrected chi connectivity index (χ0v) is 8.94. The summed E-state index contributed by atoms with van der Waals surface area (Å²) in [5.74, 6) is 0.826. The van der Waals surface area contributed by atoms with E-state index >= 15 is 0 Å². The van der Waals surface area contributed by atoms with Gasteiger partial charge >= 0.3 is 6.16 Å². The van der Waals surface area contributed by atoms with E-state index in [2.05, 4.69) is 12.1 Å². The first-order valence-electron chi connectivity index (χ1n) is 4.77. The molecule has 0 aromatic heterocycles. The van der Waals surface area contributed by atoms with Crippen molar-refractivity contribution in [2.24, 2.45) is 0 Å². The third-order valence-corrected chi connectivity index (χ3v) is 2.70. The summed E-state index contributed by atoms with van der Waals surface area (Å²) in [4.78, 5) is 8.56. The molecular weight excluding hydrogens is 216 g/mol. The predicted molar refractivity (Wildman–Crippen MR) is 58.7 cm³/mol. The molecule has 2 rings (SSSR count). The summed E-state index contributed by atoms with van der Waals surface area (Å²) in [6.07, 6.45) is 2.29. The smallest absolute Gasteiger partial charge is 0.450 e. The fourth-order valence-electron chi connectivity index (χ4n) is 1.48. The largest absolute Gasteiger partial charge is 0.503 e. The fourth-order valence-corrected chi connectivity index (χ4v) is 1.60. The highest BCUT2D eigenvalue weighted by Gasteiger charge is 2.18. The molecule has 0 radical (unpaired) electrons. The quantitative estimate of drug-likeness (QED) is 0.768. The fraction of sp³-hybridized carbons (Fsp3) is 0.364. The Morgan fingerprint density at radius 2 is 1.67 bits per heavy atom. The van der Waals surface area contributed by atoms with Gasteiger partial charge < -0.3 is 10.2 Å². The van der Waals surface area contributed by atoms with Crippen LogP contribution in [0.3, 0.4) is 0 Å². The summed E-state index contributed by atoms with van der Waals surface area (Å²) in [6.45, 7) is 0. The average molecular weight is 229 g/mol. The van der Waals surface area contributed by atoms with Crippen LogP contribution in [0.5, 0.6) is 0 Å². The van der Waals surface area contributed by atoms with E-state index in [9.17, 15) is 0 Å². The lowest BCUT2D eigenvalue weighted by Gasteiger charge is -2.25. The number of hydrogen-bond acceptors (Lipinski definition) is 1. The molecule has 15 heavy (non-hydrogen) atoms. The molecule has 0 amide bonds. The van der Waals surface area contributed by atoms with E-state index in [1.807, 2.05) is 12.1 Å². The second-order valence-electron chi connectivity index (χ2n) is 3.46. The van der Waals surface area contributed by atoms with E-state index in [1.165, 1.54) is 24.8 Å². The maximum Gasteiger partial charge on any atom is 0.503 e. The summed E-state index contributed by atoms with van der Waals surface area (Å²) in [6, 6.07) is 8.25. The molecule has 0 unspecified atom stereocenters. The highest BCUT2D eigenvalue weighted by atomic mass is 35.5. The molecule has 1 aromatic rings. The summed E-state index contributed by atoms with van der Waals surface area (Å²) in [5, 5.41) is 14.8. The van der Waals surface area contributed by atoms with Crippen molar-refractivity contribution in [2.75, 3.05) is 0 Å². The average Bonchev–Trinajstić information content (AvgIpc) is 2.04. The Morgan fingerprint density at radius 3 is 2.00 bits per heavy atom. The molecule has 1 fully saturated rings. The molecular formula is C11H13ClO3. The Hall–Kier alpha value is -1.22. The molecule has 0 saturated heterocycles. The van der Waals surface area contributed by atoms with Crippen LogP contribution in [0.2, 0.25) is 5.02 Å². The second kappa shape index (κ2) is 5.61. The van der Waals surface area contributed by atoms with Crippen molar-refractivity contribution in [3.8, 4) is 0 Å². The van der Waals surface area contributed by atoms with Gasteiger partial charge in [-0.15, -0.1) is 0 Å². The highest BCUT2D eigenvalue weighted by molar-refractivity contribution is 6.30. The predicted octanol–water partition coefficient (Wildman–Crippen LogP) is 3.83. The highest BCUT2D eigenvalue weighted by Crippen LogP contribution is 2.36. The molecule has 1 aliphatic rings. The van der Waals surface area contributed by atoms with Crippen molar-refractivity contribution in [1.29, 1.82) is 0 Å². The first-order valence-corrected chi connectivity index (χ1v) is 5.14. The second-order valence-corrected chi connectivity index (χ2v) is 3.90. The van der Waals surface area contributed by atoms with E-state index in [4.69, 9.17) is 26.6 Å². The van der Waals surface area contributed by atoms with Crippen LogP contribution in [-0.2, 0) is 0 Å². The zero-order chi connectivity index (χ0) is 11.3. The lowest BCUT2D eigenvalue weighted by atomic mass is 9.80. The molecule has 0 bridgehead atoms. The number of hydrogen-bond donors (Lipinski definition) is 2. The zero-order valence-electron chi connectivity index (χ0n) is 8.19. The van der Waals surface area contributed by atoms with Gasteiger partial charge in [0.2, 0.25) is 0 Å². The van der Waals surface area contributed by atoms with Crippen LogP contribution in [0.1, 0.15) is 30.7 Å². The Kier molecular flexibility index (Phi) is 4.43. The Morgan fingerprint density at radius 1 is 1.20 bits per heavy atom. The summed E-state index contributed by atoms with van der Waals surface area (Å²) >= 11 is 5.78. The minimum Gasteiger partial charge on any atom is -0.450 e. The Bertz CT molecular complexity index is 313. The van der Waals surface area contributed by atoms with Crippen molar-refractivity contribution in [2.45, 2.75) is 25.2 Å². The third-order valence-electron chi connectivity index (χ3n) is 2.45. The van der Waals surface area contributed by atoms with E-state index < -0.39 is 6.16 Å². The van der Waals surface area contributed by atoms with Crippen LogP contribution < -0.4 is 0 Å². The lowest BCUT2D eigenvalue weighted by Crippen LogP contribution is -2.07. The van der Waals surface area contributed by atoms with Gasteiger partial charge in [0.25, 0.3) is 0 Å². The van der Waals surface area contributed by atoms with Crippen LogP contribution in [-0.4, -0.2) is 16.4 Å². The van der Waals surface area contributed by atoms with Gasteiger partial charge in [-0.1, -0.05) is 30.2 Å². The van der Waals surface area contributed by atoms with Gasteiger partial charge in [-0.05, 0) is 36.5 Å². The van der Waals surface area contributed by atoms with Crippen LogP contribution in [0.15, 0.2) is 24.3 Å². The molecule has 0 spiro atoms. The van der Waals surface area contributed by atoms with E-state index in [0.29, 0.717) is 0 Å². The molecule has 0 heterocycles. The van der Waals surface area contributed by atoms with Crippen molar-refractivity contribution in [3.05, 3.63) is 34.9 Å². The standard InChI is InChI=1S/C10H11Cl.CH2O3/c11-10-6-4-9(5-7-10)8-2-1-3-8;2-1(3)4/h4-8H,1-3H2;(H2,2,3,4). The van der Waals surface area contributed by atoms with Crippen LogP contribution in [0.4, 0.5) is 4.79 Å². The summed E-state index contributed by atoms with van der Waals surface area (Å²) in [5.41, 5.74) is 1.46. The number of rotatable bonds is 1. The molecule has 82 valence electrons. The van der Waals surface area contributed by atoms with Gasteiger partial charge in [-0.3, -0.25) is 0 Å². The first kappa shape index (κ1) is 11.9. The first-order chi connectivity index (χ1) is 7.09. The van der Waals surface area contributed by atoms with Crippen LogP contribution in [0.25, 0.3) is 0 Å². The minimum atomic E-state index is -1.83. The van der Waals surface area contributed by atoms with Gasteiger partial charge in [0, 0.05) is 5.02 Å². The van der Waals surface area contributed by atoms with Gasteiger partial charge in [-0.25, -0.2) is 4.79 Å². The molecule has 0 atom stereocenters. The molecule has 4 heteroatoms. The number of benzene rings is 1. The Balaban J connectivity index is 0.000000245. The van der Waals surface area contributed by atoms with Gasteiger partial charge in [0.15, 0.2) is 0 Å². The van der Waals surface area contributed by atoms with Crippen molar-refractivity contribution < 1.29 is 15.0 Å². The van der Waals surface area contributed by atoms with Crippen LogP contribution >= 0.6 is 11.6 Å². The maximum atomic E-state index is 8.56. The van der Waals surface area contributed by atoms with E-state index in [-0.39, 0.29) is 0 Å². The maximum absolute atomic E-state index is 8.56. The molecule has 3 nitrogen and oxygen atoms in total. The number of halogens is 1. The molecule has 0 aliphatic heterocycles. The third kappa shape index (κ3) is 4.21. The van der Waals surface area contributed by atoms with Gasteiger partial charge in [-0.2, -0.15) is 0 Å². The molecule has 1 aromatic carbocycles. The Labute approximate surface area is 93.3 Å².